The van der Waals surface area contributed by atoms with Crippen LogP contribution in [0.4, 0.5) is 11.5 Å². The van der Waals surface area contributed by atoms with E-state index in [0.717, 1.165) is 39.9 Å². The summed E-state index contributed by atoms with van der Waals surface area (Å²) in [7, 11) is 3.24. The summed E-state index contributed by atoms with van der Waals surface area (Å²) >= 11 is 0. The van der Waals surface area contributed by atoms with Gasteiger partial charge in [-0.05, 0) is 56.3 Å². The first-order valence-corrected chi connectivity index (χ1v) is 9.71. The Balaban J connectivity index is 1.71. The zero-order valence-corrected chi connectivity index (χ0v) is 17.5. The van der Waals surface area contributed by atoms with Crippen molar-refractivity contribution in [1.29, 1.82) is 0 Å². The van der Waals surface area contributed by atoms with Gasteiger partial charge in [0, 0.05) is 29.1 Å². The number of aryl methyl sites for hydroxylation is 1. The van der Waals surface area contributed by atoms with Crippen LogP contribution in [-0.4, -0.2) is 35.4 Å². The Morgan fingerprint density at radius 3 is 2.40 bits per heavy atom. The highest BCUT2D eigenvalue weighted by Gasteiger charge is 2.13. The molecule has 0 aliphatic carbocycles. The Labute approximate surface area is 175 Å². The number of benzene rings is 2. The van der Waals surface area contributed by atoms with Crippen LogP contribution in [0.5, 0.6) is 17.2 Å². The zero-order valence-electron chi connectivity index (χ0n) is 17.5. The second kappa shape index (κ2) is 8.32. The van der Waals surface area contributed by atoms with E-state index in [9.17, 15) is 0 Å². The van der Waals surface area contributed by atoms with Crippen LogP contribution in [0, 0.1) is 6.92 Å². The van der Waals surface area contributed by atoms with E-state index < -0.39 is 0 Å². The van der Waals surface area contributed by atoms with Gasteiger partial charge in [0.15, 0.2) is 17.1 Å². The quantitative estimate of drug-likeness (QED) is 0.474. The standard InChI is InChI=1S/C23H24N4O3/c1-5-30-18-9-7-17(8-10-18)25-22-12-15(2)24-23-14-19(26-27(22)23)16-6-11-20(28-3)21(13-16)29-4/h6-14,25H,5H2,1-4H3. The van der Waals surface area contributed by atoms with E-state index >= 15 is 0 Å². The van der Waals surface area contributed by atoms with Crippen molar-refractivity contribution in [3.8, 4) is 28.5 Å². The van der Waals surface area contributed by atoms with Gasteiger partial charge in [-0.2, -0.15) is 9.61 Å². The molecule has 4 aromatic rings. The van der Waals surface area contributed by atoms with Crippen molar-refractivity contribution in [2.45, 2.75) is 13.8 Å². The molecule has 154 valence electrons. The summed E-state index contributed by atoms with van der Waals surface area (Å²) in [6, 6.07) is 17.5. The lowest BCUT2D eigenvalue weighted by Crippen LogP contribution is -2.02. The third-order valence-electron chi connectivity index (χ3n) is 4.67. The number of rotatable bonds is 7. The van der Waals surface area contributed by atoms with Gasteiger partial charge in [-0.3, -0.25) is 0 Å². The molecule has 0 spiro atoms. The van der Waals surface area contributed by atoms with Gasteiger partial charge < -0.3 is 19.5 Å². The molecule has 2 aromatic heterocycles. The van der Waals surface area contributed by atoms with Crippen LogP contribution in [0.15, 0.2) is 54.6 Å². The summed E-state index contributed by atoms with van der Waals surface area (Å²) in [4.78, 5) is 4.62. The topological polar surface area (TPSA) is 69.9 Å². The molecule has 1 N–H and O–H groups in total. The lowest BCUT2D eigenvalue weighted by Gasteiger charge is -2.10. The fourth-order valence-electron chi connectivity index (χ4n) is 3.27. The van der Waals surface area contributed by atoms with E-state index in [1.165, 1.54) is 0 Å². The average molecular weight is 404 g/mol. The fourth-order valence-corrected chi connectivity index (χ4v) is 3.27. The lowest BCUT2D eigenvalue weighted by molar-refractivity contribution is 0.340. The summed E-state index contributed by atoms with van der Waals surface area (Å²) in [6.45, 7) is 4.58. The molecule has 0 radical (unpaired) electrons. The van der Waals surface area contributed by atoms with Crippen LogP contribution in [0.2, 0.25) is 0 Å². The van der Waals surface area contributed by atoms with Crippen molar-refractivity contribution >= 4 is 17.2 Å². The van der Waals surface area contributed by atoms with Gasteiger partial charge in [0.25, 0.3) is 0 Å². The maximum Gasteiger partial charge on any atom is 0.161 e. The molecule has 2 aromatic carbocycles. The SMILES string of the molecule is CCOc1ccc(Nc2cc(C)nc3cc(-c4ccc(OC)c(OC)c4)nn23)cc1. The number of hydrogen-bond acceptors (Lipinski definition) is 6. The molecule has 0 saturated carbocycles. The smallest absolute Gasteiger partial charge is 0.161 e. The molecule has 0 aliphatic rings. The third-order valence-corrected chi connectivity index (χ3v) is 4.67. The van der Waals surface area contributed by atoms with Crippen molar-refractivity contribution in [3.63, 3.8) is 0 Å². The Hall–Kier alpha value is -3.74. The second-order valence-corrected chi connectivity index (χ2v) is 6.73. The molecule has 30 heavy (non-hydrogen) atoms. The highest BCUT2D eigenvalue weighted by Crippen LogP contribution is 2.32. The molecule has 0 amide bonds. The highest BCUT2D eigenvalue weighted by molar-refractivity contribution is 5.69. The largest absolute Gasteiger partial charge is 0.494 e. The molecule has 7 heteroatoms. The number of nitrogens with zero attached hydrogens (tertiary/aromatic N) is 3. The zero-order chi connectivity index (χ0) is 21.1. The van der Waals surface area contributed by atoms with Crippen molar-refractivity contribution in [3.05, 3.63) is 60.3 Å². The van der Waals surface area contributed by atoms with E-state index in [-0.39, 0.29) is 0 Å². The summed E-state index contributed by atoms with van der Waals surface area (Å²) in [6.07, 6.45) is 0. The Morgan fingerprint density at radius 2 is 1.70 bits per heavy atom. The maximum atomic E-state index is 5.51. The van der Waals surface area contributed by atoms with E-state index in [0.29, 0.717) is 18.1 Å². The van der Waals surface area contributed by atoms with Crippen LogP contribution in [0.3, 0.4) is 0 Å². The van der Waals surface area contributed by atoms with Gasteiger partial charge in [0.05, 0.1) is 26.5 Å². The maximum absolute atomic E-state index is 5.51. The number of hydrogen-bond donors (Lipinski definition) is 1. The number of ether oxygens (including phenoxy) is 3. The number of nitrogens with one attached hydrogen (secondary N) is 1. The number of anilines is 2. The fraction of sp³-hybridized carbons (Fsp3) is 0.217. The molecule has 7 nitrogen and oxygen atoms in total. The molecule has 0 unspecified atom stereocenters. The van der Waals surface area contributed by atoms with E-state index in [1.54, 1.807) is 18.7 Å². The second-order valence-electron chi connectivity index (χ2n) is 6.73. The summed E-state index contributed by atoms with van der Waals surface area (Å²) < 4.78 is 18.1. The molecule has 2 heterocycles. The van der Waals surface area contributed by atoms with Crippen LogP contribution in [0.25, 0.3) is 16.9 Å². The first kappa shape index (κ1) is 19.6. The molecule has 0 fully saturated rings. The van der Waals surface area contributed by atoms with Gasteiger partial charge in [-0.1, -0.05) is 0 Å². The first-order chi connectivity index (χ1) is 14.6. The van der Waals surface area contributed by atoms with Crippen LogP contribution in [0.1, 0.15) is 12.6 Å². The monoisotopic (exact) mass is 404 g/mol. The van der Waals surface area contributed by atoms with E-state index in [1.807, 2.05) is 68.4 Å². The summed E-state index contributed by atoms with van der Waals surface area (Å²) in [5.74, 6) is 3.00. The predicted octanol–water partition coefficient (Wildman–Crippen LogP) is 4.86. The van der Waals surface area contributed by atoms with Gasteiger partial charge in [0.2, 0.25) is 0 Å². The molecular weight excluding hydrogens is 380 g/mol. The van der Waals surface area contributed by atoms with Gasteiger partial charge in [-0.15, -0.1) is 0 Å². The van der Waals surface area contributed by atoms with Gasteiger partial charge >= 0.3 is 0 Å². The third kappa shape index (κ3) is 3.87. The van der Waals surface area contributed by atoms with Crippen LogP contribution < -0.4 is 19.5 Å². The minimum Gasteiger partial charge on any atom is -0.494 e. The van der Waals surface area contributed by atoms with Crippen LogP contribution >= 0.6 is 0 Å². The molecule has 0 bridgehead atoms. The summed E-state index contributed by atoms with van der Waals surface area (Å²) in [5, 5.41) is 8.19. The highest BCUT2D eigenvalue weighted by atomic mass is 16.5. The lowest BCUT2D eigenvalue weighted by atomic mass is 10.1. The summed E-state index contributed by atoms with van der Waals surface area (Å²) in [5.41, 5.74) is 4.31. The van der Waals surface area contributed by atoms with Crippen LogP contribution in [-0.2, 0) is 0 Å². The molecule has 0 saturated heterocycles. The minimum atomic E-state index is 0.642. The van der Waals surface area contributed by atoms with Gasteiger partial charge in [0.1, 0.15) is 11.6 Å². The Kier molecular flexibility index (Phi) is 5.43. The first-order valence-electron chi connectivity index (χ1n) is 9.71. The van der Waals surface area contributed by atoms with Crippen molar-refractivity contribution in [2.24, 2.45) is 0 Å². The van der Waals surface area contributed by atoms with E-state index in [4.69, 9.17) is 19.3 Å². The van der Waals surface area contributed by atoms with Crippen molar-refractivity contribution < 1.29 is 14.2 Å². The number of fused-ring (bicyclic) bond motifs is 1. The van der Waals surface area contributed by atoms with Crippen molar-refractivity contribution in [2.75, 3.05) is 26.1 Å². The van der Waals surface area contributed by atoms with E-state index in [2.05, 4.69) is 10.3 Å². The average Bonchev–Trinajstić information content (AvgIpc) is 3.19. The van der Waals surface area contributed by atoms with Crippen molar-refractivity contribution in [1.82, 2.24) is 14.6 Å². The Bertz CT molecular complexity index is 1170. The normalized spacial score (nSPS) is 10.8. The number of aromatic nitrogens is 3. The molecule has 0 atom stereocenters. The Morgan fingerprint density at radius 1 is 0.933 bits per heavy atom. The molecule has 4 rings (SSSR count). The predicted molar refractivity (Wildman–Crippen MR) is 117 cm³/mol. The van der Waals surface area contributed by atoms with Gasteiger partial charge in [-0.25, -0.2) is 4.98 Å². The molecular formula is C23H24N4O3. The minimum absolute atomic E-state index is 0.642. The number of methoxy groups -OCH3 is 2. The molecule has 0 aliphatic heterocycles.